The van der Waals surface area contributed by atoms with Crippen molar-refractivity contribution < 1.29 is 19.1 Å². The van der Waals surface area contributed by atoms with Crippen LogP contribution in [0.5, 0.6) is 11.5 Å². The van der Waals surface area contributed by atoms with Gasteiger partial charge in [-0.15, -0.1) is 0 Å². The van der Waals surface area contributed by atoms with Crippen LogP contribution in [0.1, 0.15) is 27.6 Å². The quantitative estimate of drug-likeness (QED) is 0.584. The van der Waals surface area contributed by atoms with Crippen molar-refractivity contribution in [3.63, 3.8) is 0 Å². The molecule has 7 nitrogen and oxygen atoms in total. The molecule has 29 heavy (non-hydrogen) atoms. The standard InChI is InChI=1S/C22H21N3O4/c1-14(26)15-5-4-6-17(9-15)24-18-10-16(12-23-13-18)22(27)25-20-11-19(28-2)7-8-21(20)29-3/h4-13,24H,1-3H3,(H,25,27). The van der Waals surface area contributed by atoms with E-state index in [1.165, 1.54) is 20.2 Å². The lowest BCUT2D eigenvalue weighted by Gasteiger charge is -2.12. The van der Waals surface area contributed by atoms with Gasteiger partial charge in [-0.3, -0.25) is 14.6 Å². The Hall–Kier alpha value is -3.87. The van der Waals surface area contributed by atoms with Crippen LogP contribution in [0.4, 0.5) is 17.1 Å². The van der Waals surface area contributed by atoms with Crippen molar-refractivity contribution in [3.8, 4) is 11.5 Å². The molecule has 3 aromatic rings. The summed E-state index contributed by atoms with van der Waals surface area (Å²) in [6, 6.07) is 13.9. The Balaban J connectivity index is 1.80. The molecule has 2 aromatic carbocycles. The predicted molar refractivity (Wildman–Crippen MR) is 111 cm³/mol. The highest BCUT2D eigenvalue weighted by Crippen LogP contribution is 2.29. The molecule has 0 spiro atoms. The van der Waals surface area contributed by atoms with Crippen LogP contribution in [0.15, 0.2) is 60.9 Å². The average molecular weight is 391 g/mol. The number of methoxy groups -OCH3 is 2. The highest BCUT2D eigenvalue weighted by molar-refractivity contribution is 6.05. The van der Waals surface area contributed by atoms with Gasteiger partial charge in [0.2, 0.25) is 0 Å². The second-order valence-electron chi connectivity index (χ2n) is 6.24. The first kappa shape index (κ1) is 19.9. The summed E-state index contributed by atoms with van der Waals surface area (Å²) in [6.07, 6.45) is 3.07. The van der Waals surface area contributed by atoms with Crippen LogP contribution in [0.2, 0.25) is 0 Å². The molecule has 0 aliphatic heterocycles. The van der Waals surface area contributed by atoms with Gasteiger partial charge in [-0.05, 0) is 37.3 Å². The maximum absolute atomic E-state index is 12.7. The van der Waals surface area contributed by atoms with E-state index in [2.05, 4.69) is 15.6 Å². The number of rotatable bonds is 7. The molecule has 2 N–H and O–H groups in total. The lowest BCUT2D eigenvalue weighted by atomic mass is 10.1. The van der Waals surface area contributed by atoms with E-state index in [0.29, 0.717) is 34.0 Å². The van der Waals surface area contributed by atoms with Crippen LogP contribution in [0, 0.1) is 0 Å². The normalized spacial score (nSPS) is 10.2. The van der Waals surface area contributed by atoms with E-state index in [1.807, 2.05) is 6.07 Å². The zero-order valence-electron chi connectivity index (χ0n) is 16.4. The molecule has 0 aliphatic rings. The minimum absolute atomic E-state index is 0.0212. The summed E-state index contributed by atoms with van der Waals surface area (Å²) >= 11 is 0. The van der Waals surface area contributed by atoms with Crippen LogP contribution in [-0.4, -0.2) is 30.9 Å². The molecule has 1 amide bonds. The van der Waals surface area contributed by atoms with Crippen LogP contribution < -0.4 is 20.1 Å². The molecule has 1 aromatic heterocycles. The molecule has 0 bridgehead atoms. The van der Waals surface area contributed by atoms with Gasteiger partial charge in [-0.25, -0.2) is 0 Å². The van der Waals surface area contributed by atoms with Gasteiger partial charge in [-0.1, -0.05) is 12.1 Å². The zero-order chi connectivity index (χ0) is 20.8. The number of ketones is 1. The van der Waals surface area contributed by atoms with Gasteiger partial charge in [-0.2, -0.15) is 0 Å². The molecule has 1 heterocycles. The molecule has 0 saturated carbocycles. The topological polar surface area (TPSA) is 89.6 Å². The highest BCUT2D eigenvalue weighted by atomic mass is 16.5. The Morgan fingerprint density at radius 2 is 1.69 bits per heavy atom. The van der Waals surface area contributed by atoms with Crippen molar-refractivity contribution in [1.29, 1.82) is 0 Å². The van der Waals surface area contributed by atoms with Crippen molar-refractivity contribution in [1.82, 2.24) is 4.98 Å². The zero-order valence-corrected chi connectivity index (χ0v) is 16.4. The largest absolute Gasteiger partial charge is 0.497 e. The van der Waals surface area contributed by atoms with E-state index < -0.39 is 0 Å². The molecular weight excluding hydrogens is 370 g/mol. The highest BCUT2D eigenvalue weighted by Gasteiger charge is 2.12. The fourth-order valence-corrected chi connectivity index (χ4v) is 2.72. The maximum Gasteiger partial charge on any atom is 0.257 e. The summed E-state index contributed by atoms with van der Waals surface area (Å²) in [7, 11) is 3.08. The molecular formula is C22H21N3O4. The number of ether oxygens (including phenoxy) is 2. The number of nitrogens with zero attached hydrogens (tertiary/aromatic N) is 1. The third kappa shape index (κ3) is 4.90. The van der Waals surface area contributed by atoms with E-state index in [4.69, 9.17) is 9.47 Å². The summed E-state index contributed by atoms with van der Waals surface area (Å²) in [6.45, 7) is 1.51. The first-order valence-electron chi connectivity index (χ1n) is 8.86. The van der Waals surface area contributed by atoms with E-state index >= 15 is 0 Å². The molecule has 7 heteroatoms. The van der Waals surface area contributed by atoms with Crippen LogP contribution in [0.3, 0.4) is 0 Å². The van der Waals surface area contributed by atoms with Gasteiger partial charge in [0, 0.05) is 23.5 Å². The van der Waals surface area contributed by atoms with E-state index in [0.717, 1.165) is 5.69 Å². The molecule has 148 valence electrons. The van der Waals surface area contributed by atoms with E-state index in [1.54, 1.807) is 55.8 Å². The van der Waals surface area contributed by atoms with E-state index in [9.17, 15) is 9.59 Å². The first-order valence-corrected chi connectivity index (χ1v) is 8.86. The van der Waals surface area contributed by atoms with Gasteiger partial charge in [0.1, 0.15) is 11.5 Å². The Labute approximate surface area is 168 Å². The third-order valence-electron chi connectivity index (χ3n) is 4.21. The number of aromatic nitrogens is 1. The smallest absolute Gasteiger partial charge is 0.257 e. The van der Waals surface area contributed by atoms with Gasteiger partial charge < -0.3 is 20.1 Å². The number of hydrogen-bond donors (Lipinski definition) is 2. The predicted octanol–water partition coefficient (Wildman–Crippen LogP) is 4.30. The maximum atomic E-state index is 12.7. The number of hydrogen-bond acceptors (Lipinski definition) is 6. The van der Waals surface area contributed by atoms with Crippen LogP contribution in [-0.2, 0) is 0 Å². The second-order valence-corrected chi connectivity index (χ2v) is 6.24. The summed E-state index contributed by atoms with van der Waals surface area (Å²) in [5, 5.41) is 5.97. The minimum atomic E-state index is -0.342. The van der Waals surface area contributed by atoms with Crippen molar-refractivity contribution in [2.45, 2.75) is 6.92 Å². The second kappa shape index (κ2) is 8.88. The lowest BCUT2D eigenvalue weighted by molar-refractivity contribution is 0.101. The van der Waals surface area contributed by atoms with E-state index in [-0.39, 0.29) is 11.7 Å². The third-order valence-corrected chi connectivity index (χ3v) is 4.21. The number of carbonyl (C=O) groups is 2. The van der Waals surface area contributed by atoms with Crippen molar-refractivity contribution in [2.24, 2.45) is 0 Å². The Bertz CT molecular complexity index is 1050. The van der Waals surface area contributed by atoms with Gasteiger partial charge in [0.05, 0.1) is 37.4 Å². The molecule has 0 fully saturated rings. The molecule has 0 saturated heterocycles. The summed E-state index contributed by atoms with van der Waals surface area (Å²) in [5.74, 6) is 0.750. The number of amides is 1. The molecule has 0 atom stereocenters. The van der Waals surface area contributed by atoms with Gasteiger partial charge in [0.15, 0.2) is 5.78 Å². The molecule has 0 aliphatic carbocycles. The molecule has 0 unspecified atom stereocenters. The summed E-state index contributed by atoms with van der Waals surface area (Å²) in [5.41, 5.74) is 2.80. The monoisotopic (exact) mass is 391 g/mol. The number of Topliss-reactive ketones (excluding diaryl/α,β-unsaturated/α-hetero) is 1. The lowest BCUT2D eigenvalue weighted by Crippen LogP contribution is -2.13. The fraction of sp³-hybridized carbons (Fsp3) is 0.136. The van der Waals surface area contributed by atoms with Crippen LogP contribution in [0.25, 0.3) is 0 Å². The number of anilines is 3. The number of nitrogens with one attached hydrogen (secondary N) is 2. The Morgan fingerprint density at radius 3 is 2.41 bits per heavy atom. The minimum Gasteiger partial charge on any atom is -0.497 e. The Kier molecular flexibility index (Phi) is 6.09. The number of benzene rings is 2. The van der Waals surface area contributed by atoms with Crippen molar-refractivity contribution >= 4 is 28.8 Å². The molecule has 3 rings (SSSR count). The first-order chi connectivity index (χ1) is 14.0. The number of carbonyl (C=O) groups excluding carboxylic acids is 2. The SMILES string of the molecule is COc1ccc(OC)c(NC(=O)c2cncc(Nc3cccc(C(C)=O)c3)c2)c1. The van der Waals surface area contributed by atoms with Gasteiger partial charge >= 0.3 is 0 Å². The molecule has 0 radical (unpaired) electrons. The average Bonchev–Trinajstić information content (AvgIpc) is 2.74. The fourth-order valence-electron chi connectivity index (χ4n) is 2.72. The van der Waals surface area contributed by atoms with Crippen LogP contribution >= 0.6 is 0 Å². The van der Waals surface area contributed by atoms with Crippen molar-refractivity contribution in [3.05, 3.63) is 72.1 Å². The summed E-state index contributed by atoms with van der Waals surface area (Å²) < 4.78 is 10.5. The Morgan fingerprint density at radius 1 is 0.897 bits per heavy atom. The van der Waals surface area contributed by atoms with Crippen molar-refractivity contribution in [2.75, 3.05) is 24.9 Å². The number of pyridine rings is 1. The summed E-state index contributed by atoms with van der Waals surface area (Å²) in [4.78, 5) is 28.4. The van der Waals surface area contributed by atoms with Gasteiger partial charge in [0.25, 0.3) is 5.91 Å².